The average Bonchev–Trinajstić information content (AvgIpc) is 2.89. The number of aliphatic hydroxyl groups is 2. The fourth-order valence-electron chi connectivity index (χ4n) is 4.17. The number of carbonyl (C=O) groups is 3. The van der Waals surface area contributed by atoms with Crippen LogP contribution in [0.1, 0.15) is 73.1 Å². The Balaban J connectivity index is 3.09. The van der Waals surface area contributed by atoms with Gasteiger partial charge in [0.1, 0.15) is 18.3 Å². The first-order chi connectivity index (χ1) is 19.9. The summed E-state index contributed by atoms with van der Waals surface area (Å²) in [4.78, 5) is 35.8. The number of hydrogen-bond donors (Lipinski definition) is 4. The maximum absolute atomic E-state index is 12.6. The smallest absolute Gasteiger partial charge is 0.404 e. The van der Waals surface area contributed by atoms with E-state index in [1.54, 1.807) is 18.4 Å². The van der Waals surface area contributed by atoms with E-state index in [1.165, 1.54) is 24.3 Å². The molecular weight excluding hydrogens is 536 g/mol. The summed E-state index contributed by atoms with van der Waals surface area (Å²) in [6.45, 7) is 9.54. The van der Waals surface area contributed by atoms with Gasteiger partial charge in [-0.2, -0.15) is 0 Å². The second-order valence-electron chi connectivity index (χ2n) is 10.8. The van der Waals surface area contributed by atoms with Gasteiger partial charge in [0.05, 0.1) is 6.10 Å². The van der Waals surface area contributed by atoms with Crippen LogP contribution in [0.25, 0.3) is 0 Å². The molecule has 2 amide bonds. The number of nitrogens with two attached hydrogens (primary N) is 1. The number of amides is 2. The lowest BCUT2D eigenvalue weighted by Gasteiger charge is -2.22. The summed E-state index contributed by atoms with van der Waals surface area (Å²) in [5.74, 6) is -0.764. The lowest BCUT2D eigenvalue weighted by atomic mass is 9.95. The molecule has 5 N–H and O–H groups in total. The van der Waals surface area contributed by atoms with Gasteiger partial charge in [-0.25, -0.2) is 9.59 Å². The summed E-state index contributed by atoms with van der Waals surface area (Å²) < 4.78 is 10.9. The Morgan fingerprint density at radius 3 is 2.57 bits per heavy atom. The summed E-state index contributed by atoms with van der Waals surface area (Å²) in [6.07, 6.45) is 17.3. The molecule has 0 aromatic rings. The molecule has 5 atom stereocenters. The third-order valence-corrected chi connectivity index (χ3v) is 6.33. The lowest BCUT2D eigenvalue weighted by molar-refractivity contribution is -0.144. The van der Waals surface area contributed by atoms with Crippen LogP contribution in [0.2, 0.25) is 0 Å². The number of esters is 1. The molecule has 9 nitrogen and oxygen atoms in total. The molecule has 0 aromatic heterocycles. The number of allylic oxidation sites excluding steroid dienone is 7. The summed E-state index contributed by atoms with van der Waals surface area (Å²) in [5, 5.41) is 23.4. The van der Waals surface area contributed by atoms with E-state index in [-0.39, 0.29) is 11.8 Å². The molecule has 0 spiro atoms. The second-order valence-corrected chi connectivity index (χ2v) is 10.8. The zero-order valence-electron chi connectivity index (χ0n) is 25.5. The topological polar surface area (TPSA) is 148 Å². The van der Waals surface area contributed by atoms with Gasteiger partial charge in [0.25, 0.3) is 0 Å². The van der Waals surface area contributed by atoms with Gasteiger partial charge in [-0.1, -0.05) is 66.2 Å². The van der Waals surface area contributed by atoms with Gasteiger partial charge in [-0.15, -0.1) is 0 Å². The van der Waals surface area contributed by atoms with E-state index < -0.39 is 36.5 Å². The zero-order valence-corrected chi connectivity index (χ0v) is 25.5. The van der Waals surface area contributed by atoms with Crippen LogP contribution in [-0.2, 0) is 19.1 Å². The van der Waals surface area contributed by atoms with Gasteiger partial charge in [-0.05, 0) is 65.9 Å². The molecule has 1 heterocycles. The number of primary amides is 1. The largest absolute Gasteiger partial charge is 0.458 e. The maximum Gasteiger partial charge on any atom is 0.404 e. The van der Waals surface area contributed by atoms with Crippen LogP contribution in [-0.4, -0.2) is 52.6 Å². The minimum absolute atomic E-state index is 0.124. The minimum Gasteiger partial charge on any atom is -0.458 e. The van der Waals surface area contributed by atoms with Crippen molar-refractivity contribution in [2.24, 2.45) is 11.7 Å². The van der Waals surface area contributed by atoms with Crippen molar-refractivity contribution in [2.45, 2.75) is 97.6 Å². The minimum atomic E-state index is -1.11. The third-order valence-electron chi connectivity index (χ3n) is 6.33. The molecule has 0 fully saturated rings. The molecule has 0 unspecified atom stereocenters. The monoisotopic (exact) mass is 584 g/mol. The highest BCUT2D eigenvalue weighted by molar-refractivity contribution is 5.88. The van der Waals surface area contributed by atoms with E-state index in [1.807, 2.05) is 58.9 Å². The first-order valence-electron chi connectivity index (χ1n) is 14.4. The van der Waals surface area contributed by atoms with Crippen LogP contribution in [0.3, 0.4) is 0 Å². The first kappa shape index (κ1) is 36.3. The third kappa shape index (κ3) is 17.2. The standard InChI is InChI=1S/C33H48N2O7/c1-23(2)20-31(38)35-19-18-25(4)21-26(5)30-22-24(3)12-8-6-10-14-29(42-33(34)40)28(37)17-16-27(36)13-9-7-11-15-32(39)41-30/h6,8,11-12,15-21,26-30,36-37H,7,9-10,13-14,22H2,1-5H3,(H2,34,40)(H,35,38)/b8-6-,15-11-,17-16-,19-18?,24-12+,25-21-/t26-,27+,28+,29+,30-/m1/s1. The molecule has 232 valence electrons. The average molecular weight is 585 g/mol. The van der Waals surface area contributed by atoms with Crippen molar-refractivity contribution in [3.05, 3.63) is 83.7 Å². The molecule has 1 aliphatic heterocycles. The molecule has 1 aliphatic rings. The normalized spacial score (nSPS) is 27.8. The Kier molecular flexibility index (Phi) is 17.5. The van der Waals surface area contributed by atoms with Crippen molar-refractivity contribution in [1.82, 2.24) is 5.32 Å². The molecule has 1 rings (SSSR count). The summed E-state index contributed by atoms with van der Waals surface area (Å²) >= 11 is 0. The van der Waals surface area contributed by atoms with Gasteiger partial charge in [0.2, 0.25) is 5.91 Å². The molecule has 0 saturated carbocycles. The van der Waals surface area contributed by atoms with Crippen molar-refractivity contribution in [1.29, 1.82) is 0 Å². The molecular formula is C33H48N2O7. The fraction of sp³-hybridized carbons (Fsp3) is 0.485. The second kappa shape index (κ2) is 20.2. The lowest BCUT2D eigenvalue weighted by Crippen LogP contribution is -2.32. The van der Waals surface area contributed by atoms with Gasteiger partial charge >= 0.3 is 12.1 Å². The van der Waals surface area contributed by atoms with Crippen LogP contribution >= 0.6 is 0 Å². The van der Waals surface area contributed by atoms with E-state index in [0.717, 1.165) is 16.7 Å². The highest BCUT2D eigenvalue weighted by Gasteiger charge is 2.21. The van der Waals surface area contributed by atoms with Gasteiger partial charge < -0.3 is 30.7 Å². The van der Waals surface area contributed by atoms with Crippen LogP contribution < -0.4 is 11.1 Å². The van der Waals surface area contributed by atoms with Crippen molar-refractivity contribution in [2.75, 3.05) is 0 Å². The molecule has 0 aliphatic carbocycles. The summed E-state index contributed by atoms with van der Waals surface area (Å²) in [5.41, 5.74) is 7.98. The van der Waals surface area contributed by atoms with Crippen LogP contribution in [0, 0.1) is 5.92 Å². The van der Waals surface area contributed by atoms with Crippen molar-refractivity contribution in [3.63, 3.8) is 0 Å². The van der Waals surface area contributed by atoms with Crippen molar-refractivity contribution >= 4 is 18.0 Å². The molecule has 0 aromatic carbocycles. The van der Waals surface area contributed by atoms with Crippen molar-refractivity contribution in [3.8, 4) is 0 Å². The van der Waals surface area contributed by atoms with E-state index in [4.69, 9.17) is 15.2 Å². The Morgan fingerprint density at radius 2 is 1.88 bits per heavy atom. The van der Waals surface area contributed by atoms with Crippen LogP contribution in [0.15, 0.2) is 83.7 Å². The predicted octanol–water partition coefficient (Wildman–Crippen LogP) is 5.23. The Hall–Kier alpha value is -3.69. The number of ether oxygens (including phenoxy) is 2. The maximum atomic E-state index is 12.6. The Labute approximate surface area is 250 Å². The van der Waals surface area contributed by atoms with Gasteiger partial charge in [-0.3, -0.25) is 4.79 Å². The zero-order chi connectivity index (χ0) is 31.5. The molecule has 0 bridgehead atoms. The van der Waals surface area contributed by atoms with E-state index in [0.29, 0.717) is 38.5 Å². The first-order valence-corrected chi connectivity index (χ1v) is 14.4. The number of hydrogen-bond acceptors (Lipinski definition) is 7. The van der Waals surface area contributed by atoms with Crippen LogP contribution in [0.5, 0.6) is 0 Å². The van der Waals surface area contributed by atoms with Gasteiger partial charge in [0.15, 0.2) is 0 Å². The fourth-order valence-corrected chi connectivity index (χ4v) is 4.17. The Bertz CT molecular complexity index is 1090. The van der Waals surface area contributed by atoms with Crippen molar-refractivity contribution < 1.29 is 34.1 Å². The number of aliphatic hydroxyl groups excluding tert-OH is 2. The number of carbonyl (C=O) groups excluding carboxylic acids is 3. The summed E-state index contributed by atoms with van der Waals surface area (Å²) in [6, 6.07) is 0. The predicted molar refractivity (Wildman–Crippen MR) is 165 cm³/mol. The SMILES string of the molecule is CC(C)=CC(=O)NC=C/C(C)=C\[C@@H](C)[C@H]1C/C(C)=C/C=C\CC[C@H](OC(N)=O)[C@@H](O)/C=C\[C@@H](O)CCC/C=C\C(=O)O1. The molecule has 9 heteroatoms. The van der Waals surface area contributed by atoms with E-state index in [9.17, 15) is 24.6 Å². The Morgan fingerprint density at radius 1 is 1.14 bits per heavy atom. The highest BCUT2D eigenvalue weighted by atomic mass is 16.6. The van der Waals surface area contributed by atoms with Gasteiger partial charge in [0, 0.05) is 30.7 Å². The molecule has 0 saturated heterocycles. The number of cyclic esters (lactones) is 1. The highest BCUT2D eigenvalue weighted by Crippen LogP contribution is 2.21. The molecule has 42 heavy (non-hydrogen) atoms. The molecule has 0 radical (unpaired) electrons. The van der Waals surface area contributed by atoms with Crippen LogP contribution in [0.4, 0.5) is 4.79 Å². The van der Waals surface area contributed by atoms with E-state index >= 15 is 0 Å². The number of nitrogens with one attached hydrogen (secondary N) is 1. The van der Waals surface area contributed by atoms with E-state index in [2.05, 4.69) is 5.32 Å². The summed E-state index contributed by atoms with van der Waals surface area (Å²) in [7, 11) is 0. The quantitative estimate of drug-likeness (QED) is 0.145. The number of rotatable bonds is 6.